The van der Waals surface area contributed by atoms with E-state index in [2.05, 4.69) is 15.0 Å². The van der Waals surface area contributed by atoms with Crippen LogP contribution in [0.5, 0.6) is 0 Å². The van der Waals surface area contributed by atoms with Crippen LogP contribution in [0.15, 0.2) is 23.5 Å². The molecule has 0 aromatic carbocycles. The third-order valence-corrected chi connectivity index (χ3v) is 2.10. The average Bonchev–Trinajstić information content (AvgIpc) is 2.31. The lowest BCUT2D eigenvalue weighted by Gasteiger charge is -2.27. The first-order valence-corrected chi connectivity index (χ1v) is 4.80. The second-order valence-electron chi connectivity index (χ2n) is 3.12. The van der Waals surface area contributed by atoms with Crippen LogP contribution in [0.25, 0.3) is 0 Å². The molecule has 0 unspecified atom stereocenters. The van der Waals surface area contributed by atoms with Crippen molar-refractivity contribution in [2.45, 2.75) is 0 Å². The monoisotopic (exact) mass is 207 g/mol. The molecule has 1 saturated heterocycles. The van der Waals surface area contributed by atoms with Crippen molar-refractivity contribution in [3.05, 3.63) is 18.5 Å². The summed E-state index contributed by atoms with van der Waals surface area (Å²) in [5.74, 6) is 0.839. The molecule has 2 rings (SSSR count). The van der Waals surface area contributed by atoms with Crippen molar-refractivity contribution < 1.29 is 4.74 Å². The molecule has 0 radical (unpaired) electrons. The molecule has 2 heterocycles. The van der Waals surface area contributed by atoms with Gasteiger partial charge in [-0.1, -0.05) is 0 Å². The van der Waals surface area contributed by atoms with Crippen molar-refractivity contribution in [3.8, 4) is 0 Å². The molecule has 80 valence electrons. The highest BCUT2D eigenvalue weighted by Crippen LogP contribution is 2.02. The van der Waals surface area contributed by atoms with Gasteiger partial charge >= 0.3 is 0 Å². The minimum Gasteiger partial charge on any atom is -0.378 e. The quantitative estimate of drug-likeness (QED) is 0.508. The summed E-state index contributed by atoms with van der Waals surface area (Å²) in [6, 6.07) is 1.74. The van der Waals surface area contributed by atoms with Gasteiger partial charge in [-0.2, -0.15) is 4.99 Å². The van der Waals surface area contributed by atoms with E-state index in [0.29, 0.717) is 25.1 Å². The highest BCUT2D eigenvalue weighted by molar-refractivity contribution is 5.80. The number of nitrogens with zero attached hydrogens (tertiary/aromatic N) is 4. The van der Waals surface area contributed by atoms with E-state index in [4.69, 9.17) is 10.5 Å². The predicted octanol–water partition coefficient (Wildman–Crippen LogP) is -0.245. The van der Waals surface area contributed by atoms with E-state index in [1.807, 2.05) is 4.90 Å². The van der Waals surface area contributed by atoms with Crippen LogP contribution in [0, 0.1) is 0 Å². The van der Waals surface area contributed by atoms with Gasteiger partial charge in [-0.15, -0.1) is 0 Å². The fourth-order valence-corrected chi connectivity index (χ4v) is 1.31. The van der Waals surface area contributed by atoms with Crippen molar-refractivity contribution >= 4 is 11.9 Å². The lowest BCUT2D eigenvalue weighted by molar-refractivity contribution is 0.0675. The van der Waals surface area contributed by atoms with Crippen LogP contribution in [0.4, 0.5) is 5.95 Å². The van der Waals surface area contributed by atoms with Gasteiger partial charge < -0.3 is 15.4 Å². The molecule has 1 fully saturated rings. The molecule has 1 aliphatic heterocycles. The molecule has 6 nitrogen and oxygen atoms in total. The van der Waals surface area contributed by atoms with E-state index >= 15 is 0 Å². The van der Waals surface area contributed by atoms with E-state index in [-0.39, 0.29) is 0 Å². The first-order chi connectivity index (χ1) is 7.36. The summed E-state index contributed by atoms with van der Waals surface area (Å²) in [7, 11) is 0. The van der Waals surface area contributed by atoms with Crippen LogP contribution in [-0.2, 0) is 4.74 Å². The number of morpholine rings is 1. The Labute approximate surface area is 87.8 Å². The van der Waals surface area contributed by atoms with Gasteiger partial charge in [-0.25, -0.2) is 9.97 Å². The Kier molecular flexibility index (Phi) is 3.08. The molecule has 2 N–H and O–H groups in total. The van der Waals surface area contributed by atoms with E-state index in [0.717, 1.165) is 13.1 Å². The molecule has 0 aliphatic carbocycles. The third-order valence-electron chi connectivity index (χ3n) is 2.10. The summed E-state index contributed by atoms with van der Waals surface area (Å²) in [6.45, 7) is 2.90. The van der Waals surface area contributed by atoms with Gasteiger partial charge in [0.15, 0.2) is 5.96 Å². The Hall–Kier alpha value is -1.69. The Morgan fingerprint density at radius 3 is 2.67 bits per heavy atom. The van der Waals surface area contributed by atoms with Crippen molar-refractivity contribution in [1.29, 1.82) is 0 Å². The van der Waals surface area contributed by atoms with Gasteiger partial charge in [-0.05, 0) is 6.07 Å². The minimum absolute atomic E-state index is 0.390. The minimum atomic E-state index is 0.390. The zero-order chi connectivity index (χ0) is 10.5. The fourth-order valence-electron chi connectivity index (χ4n) is 1.31. The predicted molar refractivity (Wildman–Crippen MR) is 55.7 cm³/mol. The average molecular weight is 207 g/mol. The van der Waals surface area contributed by atoms with Gasteiger partial charge in [0.05, 0.1) is 13.2 Å². The summed E-state index contributed by atoms with van der Waals surface area (Å²) >= 11 is 0. The molecule has 1 aliphatic rings. The Bertz CT molecular complexity index is 334. The molecular formula is C9H13N5O. The van der Waals surface area contributed by atoms with Crippen LogP contribution < -0.4 is 5.73 Å². The topological polar surface area (TPSA) is 76.6 Å². The molecule has 1 aromatic rings. The Morgan fingerprint density at radius 1 is 1.33 bits per heavy atom. The molecule has 0 atom stereocenters. The molecule has 0 amide bonds. The van der Waals surface area contributed by atoms with E-state index < -0.39 is 0 Å². The molecule has 0 spiro atoms. The second kappa shape index (κ2) is 4.70. The number of hydrogen-bond donors (Lipinski definition) is 1. The standard InChI is InChI=1S/C9H13N5O/c10-8(14-4-6-15-7-5-14)13-9-11-2-1-3-12-9/h1-3H,4-7H2,(H2,10,11,12,13). The second-order valence-corrected chi connectivity index (χ2v) is 3.12. The van der Waals surface area contributed by atoms with Gasteiger partial charge in [0.2, 0.25) is 0 Å². The largest absolute Gasteiger partial charge is 0.378 e. The van der Waals surface area contributed by atoms with Crippen molar-refractivity contribution in [2.24, 2.45) is 10.7 Å². The van der Waals surface area contributed by atoms with Gasteiger partial charge in [0.1, 0.15) is 0 Å². The van der Waals surface area contributed by atoms with Crippen LogP contribution in [0.2, 0.25) is 0 Å². The van der Waals surface area contributed by atoms with Gasteiger partial charge in [0.25, 0.3) is 5.95 Å². The zero-order valence-corrected chi connectivity index (χ0v) is 8.33. The Balaban J connectivity index is 2.06. The van der Waals surface area contributed by atoms with E-state index in [9.17, 15) is 0 Å². The number of rotatable bonds is 1. The van der Waals surface area contributed by atoms with Gasteiger partial charge in [-0.3, -0.25) is 0 Å². The summed E-state index contributed by atoms with van der Waals surface area (Å²) in [6.07, 6.45) is 3.27. The molecule has 15 heavy (non-hydrogen) atoms. The molecule has 1 aromatic heterocycles. The highest BCUT2D eigenvalue weighted by Gasteiger charge is 2.12. The SMILES string of the molecule is NC(=Nc1ncccn1)N1CCOCC1. The maximum Gasteiger partial charge on any atom is 0.252 e. The lowest BCUT2D eigenvalue weighted by atomic mass is 10.4. The van der Waals surface area contributed by atoms with E-state index in [1.54, 1.807) is 18.5 Å². The fraction of sp³-hybridized carbons (Fsp3) is 0.444. The summed E-state index contributed by atoms with van der Waals surface area (Å²) in [4.78, 5) is 14.0. The summed E-state index contributed by atoms with van der Waals surface area (Å²) < 4.78 is 5.22. The number of guanidine groups is 1. The Morgan fingerprint density at radius 2 is 2.00 bits per heavy atom. The molecule has 0 bridgehead atoms. The van der Waals surface area contributed by atoms with E-state index in [1.165, 1.54) is 0 Å². The normalized spacial score (nSPS) is 17.9. The smallest absolute Gasteiger partial charge is 0.252 e. The first-order valence-electron chi connectivity index (χ1n) is 4.80. The number of aliphatic imine (C=N–C) groups is 1. The zero-order valence-electron chi connectivity index (χ0n) is 8.33. The van der Waals surface area contributed by atoms with Crippen LogP contribution in [-0.4, -0.2) is 47.1 Å². The lowest BCUT2D eigenvalue weighted by Crippen LogP contribution is -2.44. The number of nitrogens with two attached hydrogens (primary N) is 1. The highest BCUT2D eigenvalue weighted by atomic mass is 16.5. The van der Waals surface area contributed by atoms with Crippen LogP contribution >= 0.6 is 0 Å². The first kappa shape index (κ1) is 9.85. The van der Waals surface area contributed by atoms with Crippen molar-refractivity contribution in [1.82, 2.24) is 14.9 Å². The van der Waals surface area contributed by atoms with Crippen molar-refractivity contribution in [3.63, 3.8) is 0 Å². The third kappa shape index (κ3) is 2.63. The molecule has 0 saturated carbocycles. The maximum atomic E-state index is 5.82. The number of aromatic nitrogens is 2. The molecular weight excluding hydrogens is 194 g/mol. The number of ether oxygens (including phenoxy) is 1. The van der Waals surface area contributed by atoms with Crippen LogP contribution in [0.3, 0.4) is 0 Å². The summed E-state index contributed by atoms with van der Waals surface area (Å²) in [5.41, 5.74) is 5.82. The maximum absolute atomic E-state index is 5.82. The number of hydrogen-bond acceptors (Lipinski definition) is 4. The van der Waals surface area contributed by atoms with Crippen LogP contribution in [0.1, 0.15) is 0 Å². The van der Waals surface area contributed by atoms with Crippen molar-refractivity contribution in [2.75, 3.05) is 26.3 Å². The summed E-state index contributed by atoms with van der Waals surface area (Å²) in [5, 5.41) is 0. The molecule has 6 heteroatoms. The van der Waals surface area contributed by atoms with Gasteiger partial charge in [0, 0.05) is 25.5 Å².